The second-order valence-electron chi connectivity index (χ2n) is 6.14. The molecule has 0 unspecified atom stereocenters. The molecule has 0 aliphatic carbocycles. The largest absolute Gasteiger partial charge is 0.439 e. The second kappa shape index (κ2) is 9.86. The summed E-state index contributed by atoms with van der Waals surface area (Å²) < 4.78 is 5.74. The lowest BCUT2D eigenvalue weighted by Crippen LogP contribution is -2.16. The Morgan fingerprint density at radius 2 is 1.82 bits per heavy atom. The summed E-state index contributed by atoms with van der Waals surface area (Å²) in [4.78, 5) is 7.67. The Bertz CT molecular complexity index is 945. The molecule has 28 heavy (non-hydrogen) atoms. The summed E-state index contributed by atoms with van der Waals surface area (Å²) in [5, 5.41) is 12.0. The van der Waals surface area contributed by atoms with Crippen molar-refractivity contribution in [3.8, 4) is 17.8 Å². The van der Waals surface area contributed by atoms with E-state index in [1.807, 2.05) is 42.5 Å². The van der Waals surface area contributed by atoms with E-state index in [2.05, 4.69) is 27.4 Å². The van der Waals surface area contributed by atoms with Crippen molar-refractivity contribution < 1.29 is 4.74 Å². The van der Waals surface area contributed by atoms with Gasteiger partial charge in [0.1, 0.15) is 11.6 Å². The molecule has 3 rings (SSSR count). The molecule has 1 aromatic heterocycles. The Morgan fingerprint density at radius 1 is 1.04 bits per heavy atom. The summed E-state index contributed by atoms with van der Waals surface area (Å²) >= 11 is 0. The Labute approximate surface area is 164 Å². The van der Waals surface area contributed by atoms with E-state index in [1.165, 1.54) is 17.3 Å². The number of nitrogens with zero attached hydrogens (tertiary/aromatic N) is 3. The van der Waals surface area contributed by atoms with Crippen molar-refractivity contribution in [3.05, 3.63) is 89.6 Å². The number of ether oxygens (including phenoxy) is 1. The predicted octanol–water partition coefficient (Wildman–Crippen LogP) is 3.39. The second-order valence-corrected chi connectivity index (χ2v) is 6.14. The fraction of sp³-hybridized carbons (Fsp3) is 0.136. The van der Waals surface area contributed by atoms with Gasteiger partial charge in [0.15, 0.2) is 0 Å². The highest BCUT2D eigenvalue weighted by atomic mass is 16.5. The number of hydrogen-bond acceptors (Lipinski definition) is 5. The van der Waals surface area contributed by atoms with Crippen LogP contribution in [0.5, 0.6) is 11.6 Å². The highest BCUT2D eigenvalue weighted by molar-refractivity contribution is 5.97. The number of pyridine rings is 1. The van der Waals surface area contributed by atoms with E-state index < -0.39 is 0 Å². The van der Waals surface area contributed by atoms with Crippen molar-refractivity contribution in [2.24, 2.45) is 10.7 Å². The maximum atomic E-state index is 8.52. The minimum absolute atomic E-state index is 0.131. The summed E-state index contributed by atoms with van der Waals surface area (Å²) in [7, 11) is 0. The molecule has 6 heteroatoms. The van der Waals surface area contributed by atoms with Crippen LogP contribution in [0.25, 0.3) is 0 Å². The van der Waals surface area contributed by atoms with E-state index in [0.717, 1.165) is 19.5 Å². The van der Waals surface area contributed by atoms with Gasteiger partial charge in [-0.15, -0.1) is 0 Å². The summed E-state index contributed by atoms with van der Waals surface area (Å²) in [6.45, 7) is 1.77. The molecule has 0 saturated heterocycles. The summed E-state index contributed by atoms with van der Waals surface area (Å²) in [5.74, 6) is 1.29. The Kier molecular flexibility index (Phi) is 6.72. The molecule has 0 radical (unpaired) electrons. The lowest BCUT2D eigenvalue weighted by molar-refractivity contribution is 0.462. The lowest BCUT2D eigenvalue weighted by atomic mass is 10.1. The van der Waals surface area contributed by atoms with Crippen LogP contribution in [0, 0.1) is 11.5 Å². The van der Waals surface area contributed by atoms with Gasteiger partial charge in [0.2, 0.25) is 12.1 Å². The zero-order valence-corrected chi connectivity index (χ0v) is 15.4. The highest BCUT2D eigenvalue weighted by Gasteiger charge is 2.03. The minimum Gasteiger partial charge on any atom is -0.439 e. The maximum absolute atomic E-state index is 8.52. The zero-order valence-electron chi connectivity index (χ0n) is 15.4. The SMILES string of the molecule is N#CN=C(N)c1ccc(Oc2ccc(CCNCc3ccccc3)cc2)nc1. The maximum Gasteiger partial charge on any atom is 0.219 e. The van der Waals surface area contributed by atoms with Crippen molar-refractivity contribution in [2.75, 3.05) is 6.54 Å². The predicted molar refractivity (Wildman–Crippen MR) is 109 cm³/mol. The van der Waals surface area contributed by atoms with Gasteiger partial charge in [0.05, 0.1) is 0 Å². The Balaban J connectivity index is 1.47. The molecule has 140 valence electrons. The van der Waals surface area contributed by atoms with E-state index in [1.54, 1.807) is 18.3 Å². The molecule has 2 aromatic carbocycles. The average molecular weight is 371 g/mol. The van der Waals surface area contributed by atoms with Crippen LogP contribution in [0.4, 0.5) is 0 Å². The number of nitriles is 1. The molecule has 0 atom stereocenters. The number of hydrogen-bond donors (Lipinski definition) is 2. The quantitative estimate of drug-likeness (QED) is 0.274. The van der Waals surface area contributed by atoms with E-state index in [-0.39, 0.29) is 5.84 Å². The standard InChI is InChI=1S/C22H21N5O/c23-16-27-22(24)19-8-11-21(26-15-19)28-20-9-6-17(7-10-20)12-13-25-14-18-4-2-1-3-5-18/h1-11,15,25H,12-14H2,(H2,24,27). The van der Waals surface area contributed by atoms with Gasteiger partial charge in [0.25, 0.3) is 0 Å². The van der Waals surface area contributed by atoms with Gasteiger partial charge < -0.3 is 15.8 Å². The first kappa shape index (κ1) is 19.1. The van der Waals surface area contributed by atoms with Crippen LogP contribution >= 0.6 is 0 Å². The van der Waals surface area contributed by atoms with E-state index in [0.29, 0.717) is 17.2 Å². The first-order chi connectivity index (χ1) is 13.7. The monoisotopic (exact) mass is 371 g/mol. The number of aromatic nitrogens is 1. The van der Waals surface area contributed by atoms with Crippen LogP contribution in [-0.2, 0) is 13.0 Å². The summed E-state index contributed by atoms with van der Waals surface area (Å²) in [5.41, 5.74) is 8.74. The third-order valence-corrected chi connectivity index (χ3v) is 4.11. The molecule has 0 aliphatic rings. The number of rotatable bonds is 8. The van der Waals surface area contributed by atoms with Crippen molar-refractivity contribution in [1.29, 1.82) is 5.26 Å². The molecular formula is C22H21N5O. The Morgan fingerprint density at radius 3 is 2.50 bits per heavy atom. The van der Waals surface area contributed by atoms with E-state index >= 15 is 0 Å². The smallest absolute Gasteiger partial charge is 0.219 e. The van der Waals surface area contributed by atoms with Gasteiger partial charge in [-0.25, -0.2) is 4.98 Å². The molecule has 3 aromatic rings. The van der Waals surface area contributed by atoms with Crippen molar-refractivity contribution in [3.63, 3.8) is 0 Å². The van der Waals surface area contributed by atoms with Gasteiger partial charge in [-0.05, 0) is 42.3 Å². The average Bonchev–Trinajstić information content (AvgIpc) is 2.74. The van der Waals surface area contributed by atoms with E-state index in [4.69, 9.17) is 15.7 Å². The molecule has 0 fully saturated rings. The van der Waals surface area contributed by atoms with Crippen molar-refractivity contribution in [1.82, 2.24) is 10.3 Å². The Hall–Kier alpha value is -3.69. The van der Waals surface area contributed by atoms with Crippen LogP contribution in [-0.4, -0.2) is 17.4 Å². The van der Waals surface area contributed by atoms with Crippen molar-refractivity contribution in [2.45, 2.75) is 13.0 Å². The number of benzene rings is 2. The lowest BCUT2D eigenvalue weighted by Gasteiger charge is -2.08. The molecular weight excluding hydrogens is 350 g/mol. The number of aliphatic imine (C=N–C) groups is 1. The zero-order chi connectivity index (χ0) is 19.6. The number of nitrogens with one attached hydrogen (secondary N) is 1. The van der Waals surface area contributed by atoms with Crippen LogP contribution in [0.1, 0.15) is 16.7 Å². The van der Waals surface area contributed by atoms with Crippen LogP contribution in [0.15, 0.2) is 77.9 Å². The third kappa shape index (κ3) is 5.66. The molecule has 6 nitrogen and oxygen atoms in total. The van der Waals surface area contributed by atoms with Crippen LogP contribution in [0.2, 0.25) is 0 Å². The fourth-order valence-electron chi connectivity index (χ4n) is 2.62. The van der Waals surface area contributed by atoms with Gasteiger partial charge in [0, 0.05) is 24.4 Å². The fourth-order valence-corrected chi connectivity index (χ4v) is 2.62. The molecule has 0 bridgehead atoms. The highest BCUT2D eigenvalue weighted by Crippen LogP contribution is 2.20. The number of amidine groups is 1. The normalized spacial score (nSPS) is 11.0. The van der Waals surface area contributed by atoms with Crippen LogP contribution in [0.3, 0.4) is 0 Å². The van der Waals surface area contributed by atoms with Gasteiger partial charge in [-0.2, -0.15) is 10.3 Å². The van der Waals surface area contributed by atoms with E-state index in [9.17, 15) is 0 Å². The first-order valence-electron chi connectivity index (χ1n) is 8.95. The molecule has 0 spiro atoms. The minimum atomic E-state index is 0.131. The molecule has 1 heterocycles. The van der Waals surface area contributed by atoms with Gasteiger partial charge in [-0.3, -0.25) is 0 Å². The molecule has 0 aliphatic heterocycles. The summed E-state index contributed by atoms with van der Waals surface area (Å²) in [6.07, 6.45) is 4.12. The number of nitrogens with two attached hydrogens (primary N) is 1. The third-order valence-electron chi connectivity index (χ3n) is 4.11. The van der Waals surface area contributed by atoms with Crippen molar-refractivity contribution >= 4 is 5.84 Å². The van der Waals surface area contributed by atoms with Crippen LogP contribution < -0.4 is 15.8 Å². The summed E-state index contributed by atoms with van der Waals surface area (Å²) in [6, 6.07) is 21.7. The van der Waals surface area contributed by atoms with Gasteiger partial charge >= 0.3 is 0 Å². The van der Waals surface area contributed by atoms with Gasteiger partial charge in [-0.1, -0.05) is 42.5 Å². The molecule has 0 saturated carbocycles. The first-order valence-corrected chi connectivity index (χ1v) is 8.95. The molecule has 0 amide bonds. The molecule has 3 N–H and O–H groups in total. The topological polar surface area (TPSA) is 96.3 Å².